The van der Waals surface area contributed by atoms with Crippen molar-refractivity contribution in [3.63, 3.8) is 0 Å². The number of hydrogen-bond donors (Lipinski definition) is 0. The van der Waals surface area contributed by atoms with Crippen molar-refractivity contribution in [3.8, 4) is 0 Å². The van der Waals surface area contributed by atoms with E-state index >= 15 is 0 Å². The predicted molar refractivity (Wildman–Crippen MR) is 36.5 cm³/mol. The average Bonchev–Trinajstić information content (AvgIpc) is 1.90. The molecule has 1 aromatic rings. The normalized spacial score (nSPS) is 7.56. The second-order valence-electron chi connectivity index (χ2n) is 1.61. The summed E-state index contributed by atoms with van der Waals surface area (Å²) >= 11 is 0. The summed E-state index contributed by atoms with van der Waals surface area (Å²) in [4.78, 5) is 0. The molecule has 0 N–H and O–H groups in total. The molecule has 0 bridgehead atoms. The van der Waals surface area contributed by atoms with Gasteiger partial charge in [0, 0.05) is 22.4 Å². The maximum Gasteiger partial charge on any atom is 0 e. The van der Waals surface area contributed by atoms with Crippen LogP contribution in [0.15, 0.2) is 36.9 Å². The van der Waals surface area contributed by atoms with Crippen molar-refractivity contribution < 1.29 is 22.4 Å². The van der Waals surface area contributed by atoms with Gasteiger partial charge in [-0.05, 0) is 5.56 Å². The van der Waals surface area contributed by atoms with Crippen molar-refractivity contribution in [2.24, 2.45) is 0 Å². The molecule has 0 nitrogen and oxygen atoms in total. The van der Waals surface area contributed by atoms with Crippen LogP contribution in [0.25, 0.3) is 6.08 Å². The van der Waals surface area contributed by atoms with E-state index in [-0.39, 0.29) is 22.4 Å². The van der Waals surface area contributed by atoms with E-state index in [1.54, 1.807) is 0 Å². The molecule has 0 heterocycles. The largest absolute Gasteiger partial charge is 0.0985 e. The number of rotatable bonds is 1. The van der Waals surface area contributed by atoms with Crippen LogP contribution < -0.4 is 0 Å². The van der Waals surface area contributed by atoms with Gasteiger partial charge in [0.2, 0.25) is 0 Å². The molecule has 1 heteroatoms. The van der Waals surface area contributed by atoms with Gasteiger partial charge in [0.05, 0.1) is 0 Å². The summed E-state index contributed by atoms with van der Waals surface area (Å²) in [5, 5.41) is 0. The van der Waals surface area contributed by atoms with Crippen LogP contribution in [0.1, 0.15) is 5.56 Å². The molecular formula is C8H8Au. The summed E-state index contributed by atoms with van der Waals surface area (Å²) in [6.45, 7) is 3.63. The third-order valence-corrected chi connectivity index (χ3v) is 1.04. The standard InChI is InChI=1S/C8H8.Au/c1-2-8-6-4-3-5-7-8;/h2-7H,1H2;. The van der Waals surface area contributed by atoms with Crippen molar-refractivity contribution >= 4 is 6.08 Å². The molecule has 1 rings (SSSR count). The van der Waals surface area contributed by atoms with Gasteiger partial charge in [-0.1, -0.05) is 43.0 Å². The summed E-state index contributed by atoms with van der Waals surface area (Å²) in [7, 11) is 0. The molecule has 0 fully saturated rings. The second kappa shape index (κ2) is 4.57. The molecule has 0 aliphatic carbocycles. The Morgan fingerprint density at radius 2 is 1.67 bits per heavy atom. The van der Waals surface area contributed by atoms with Crippen LogP contribution in [0.2, 0.25) is 0 Å². The molecule has 9 heavy (non-hydrogen) atoms. The molecule has 0 spiro atoms. The smallest absolute Gasteiger partial charge is 0 e. The van der Waals surface area contributed by atoms with E-state index in [2.05, 4.69) is 6.58 Å². The third kappa shape index (κ3) is 2.66. The minimum Gasteiger partial charge on any atom is -0.0985 e. The zero-order valence-corrected chi connectivity index (χ0v) is 7.14. The van der Waals surface area contributed by atoms with Crippen molar-refractivity contribution in [1.29, 1.82) is 0 Å². The van der Waals surface area contributed by atoms with Crippen LogP contribution in [0, 0.1) is 0 Å². The van der Waals surface area contributed by atoms with Crippen LogP contribution in [-0.4, -0.2) is 0 Å². The van der Waals surface area contributed by atoms with Crippen molar-refractivity contribution in [2.75, 3.05) is 0 Å². The molecule has 0 saturated heterocycles. The van der Waals surface area contributed by atoms with Gasteiger partial charge in [-0.3, -0.25) is 0 Å². The maximum absolute atomic E-state index is 3.63. The van der Waals surface area contributed by atoms with Crippen molar-refractivity contribution in [2.45, 2.75) is 0 Å². The summed E-state index contributed by atoms with van der Waals surface area (Å²) in [6.07, 6.45) is 1.83. The van der Waals surface area contributed by atoms with E-state index in [0.29, 0.717) is 0 Å². The van der Waals surface area contributed by atoms with E-state index in [4.69, 9.17) is 0 Å². The van der Waals surface area contributed by atoms with Crippen LogP contribution in [0.5, 0.6) is 0 Å². The van der Waals surface area contributed by atoms with Gasteiger partial charge in [0.15, 0.2) is 0 Å². The first-order valence-electron chi connectivity index (χ1n) is 2.61. The van der Waals surface area contributed by atoms with Gasteiger partial charge in [0.1, 0.15) is 0 Å². The molecule has 1 aromatic carbocycles. The Kier molecular flexibility index (Phi) is 4.41. The van der Waals surface area contributed by atoms with Gasteiger partial charge in [-0.25, -0.2) is 0 Å². The Morgan fingerprint density at radius 1 is 1.11 bits per heavy atom. The fourth-order valence-electron chi connectivity index (χ4n) is 0.589. The Labute approximate surface area is 71.1 Å². The summed E-state index contributed by atoms with van der Waals surface area (Å²) in [5.74, 6) is 0. The zero-order valence-electron chi connectivity index (χ0n) is 4.97. The molecule has 0 aromatic heterocycles. The minimum atomic E-state index is 0. The molecular weight excluding hydrogens is 293 g/mol. The topological polar surface area (TPSA) is 0 Å². The first kappa shape index (κ1) is 8.70. The van der Waals surface area contributed by atoms with Crippen LogP contribution in [-0.2, 0) is 22.4 Å². The molecule has 0 aliphatic heterocycles. The molecule has 1 radical (unpaired) electrons. The van der Waals surface area contributed by atoms with E-state index in [1.165, 1.54) is 5.56 Å². The van der Waals surface area contributed by atoms with E-state index in [9.17, 15) is 0 Å². The van der Waals surface area contributed by atoms with Crippen molar-refractivity contribution in [3.05, 3.63) is 42.5 Å². The first-order chi connectivity index (χ1) is 3.93. The quantitative estimate of drug-likeness (QED) is 0.698. The SMILES string of the molecule is C=Cc1ccccc1.[Au]. The Hall–Kier alpha value is -0.300. The van der Waals surface area contributed by atoms with E-state index in [1.807, 2.05) is 36.4 Å². The Bertz CT molecular complexity index is 167. The summed E-state index contributed by atoms with van der Waals surface area (Å²) < 4.78 is 0. The van der Waals surface area contributed by atoms with Gasteiger partial charge >= 0.3 is 0 Å². The van der Waals surface area contributed by atoms with Crippen molar-refractivity contribution in [1.82, 2.24) is 0 Å². The molecule has 0 amide bonds. The second-order valence-corrected chi connectivity index (χ2v) is 1.61. The monoisotopic (exact) mass is 301 g/mol. The fraction of sp³-hybridized carbons (Fsp3) is 0. The maximum atomic E-state index is 3.63. The Balaban J connectivity index is 0.000000640. The van der Waals surface area contributed by atoms with E-state index in [0.717, 1.165) is 0 Å². The fourth-order valence-corrected chi connectivity index (χ4v) is 0.589. The Morgan fingerprint density at radius 3 is 2.00 bits per heavy atom. The van der Waals surface area contributed by atoms with E-state index < -0.39 is 0 Å². The number of benzene rings is 1. The average molecular weight is 301 g/mol. The predicted octanol–water partition coefficient (Wildman–Crippen LogP) is 2.33. The van der Waals surface area contributed by atoms with Crippen LogP contribution >= 0.6 is 0 Å². The van der Waals surface area contributed by atoms with Gasteiger partial charge in [-0.15, -0.1) is 0 Å². The summed E-state index contributed by atoms with van der Waals surface area (Å²) in [6, 6.07) is 10.0. The van der Waals surface area contributed by atoms with Gasteiger partial charge < -0.3 is 0 Å². The molecule has 0 saturated carbocycles. The molecule has 0 atom stereocenters. The van der Waals surface area contributed by atoms with Crippen LogP contribution in [0.3, 0.4) is 0 Å². The molecule has 0 aliphatic rings. The first-order valence-corrected chi connectivity index (χ1v) is 2.61. The minimum absolute atomic E-state index is 0. The number of hydrogen-bond acceptors (Lipinski definition) is 0. The van der Waals surface area contributed by atoms with Gasteiger partial charge in [-0.2, -0.15) is 0 Å². The van der Waals surface area contributed by atoms with Gasteiger partial charge in [0.25, 0.3) is 0 Å². The summed E-state index contributed by atoms with van der Waals surface area (Å²) in [5.41, 5.74) is 1.17. The van der Waals surface area contributed by atoms with Crippen LogP contribution in [0.4, 0.5) is 0 Å². The molecule has 0 unspecified atom stereocenters. The zero-order chi connectivity index (χ0) is 5.82. The third-order valence-electron chi connectivity index (χ3n) is 1.04. The molecule has 51 valence electrons.